The van der Waals surface area contributed by atoms with Crippen LogP contribution >= 0.6 is 0 Å². The van der Waals surface area contributed by atoms with Gasteiger partial charge in [-0.15, -0.1) is 0 Å². The third-order valence-electron chi connectivity index (χ3n) is 3.84. The van der Waals surface area contributed by atoms with E-state index in [1.165, 1.54) is 15.5 Å². The van der Waals surface area contributed by atoms with Crippen LogP contribution in [0.2, 0.25) is 0 Å². The van der Waals surface area contributed by atoms with Gasteiger partial charge in [-0.2, -0.15) is 0 Å². The van der Waals surface area contributed by atoms with Gasteiger partial charge < -0.3 is 4.57 Å². The van der Waals surface area contributed by atoms with Crippen LogP contribution in [-0.4, -0.2) is 23.7 Å². The average Bonchev–Trinajstić information content (AvgIpc) is 2.92. The molecule has 0 spiro atoms. The molecule has 3 aromatic heterocycles. The number of pyridine rings is 1. The van der Waals surface area contributed by atoms with Crippen molar-refractivity contribution >= 4 is 16.7 Å². The predicted octanol–water partition coefficient (Wildman–Crippen LogP) is 0.910. The predicted molar refractivity (Wildman–Crippen MR) is 88.3 cm³/mol. The Labute approximate surface area is 132 Å². The number of allylic oxidation sites excluding steroid dienone is 1. The molecule has 0 N–H and O–H groups in total. The van der Waals surface area contributed by atoms with Crippen molar-refractivity contribution in [3.8, 4) is 0 Å². The first kappa shape index (κ1) is 15.0. The molecule has 0 unspecified atom stereocenters. The lowest BCUT2D eigenvalue weighted by Gasteiger charge is -2.09. The molecule has 0 aliphatic rings. The highest BCUT2D eigenvalue weighted by molar-refractivity contribution is 5.69. The second kappa shape index (κ2) is 5.35. The van der Waals surface area contributed by atoms with Gasteiger partial charge >= 0.3 is 5.69 Å². The fraction of sp³-hybridized carbons (Fsp3) is 0.250. The first-order valence-electron chi connectivity index (χ1n) is 7.12. The fourth-order valence-electron chi connectivity index (χ4n) is 2.47. The maximum Gasteiger partial charge on any atom is 0.332 e. The second-order valence-corrected chi connectivity index (χ2v) is 5.58. The normalized spacial score (nSPS) is 11.1. The van der Waals surface area contributed by atoms with E-state index in [4.69, 9.17) is 0 Å². The van der Waals surface area contributed by atoms with E-state index in [9.17, 15) is 9.59 Å². The van der Waals surface area contributed by atoms with Gasteiger partial charge in [0.25, 0.3) is 5.56 Å². The molecule has 0 saturated carbocycles. The van der Waals surface area contributed by atoms with E-state index in [0.717, 1.165) is 11.1 Å². The Morgan fingerprint density at radius 3 is 2.57 bits per heavy atom. The van der Waals surface area contributed by atoms with Crippen molar-refractivity contribution in [1.29, 1.82) is 0 Å². The van der Waals surface area contributed by atoms with Crippen LogP contribution in [0.1, 0.15) is 18.2 Å². The third-order valence-corrected chi connectivity index (χ3v) is 3.84. The molecule has 7 heteroatoms. The Kier molecular flexibility index (Phi) is 3.48. The lowest BCUT2D eigenvalue weighted by atomic mass is 10.1. The van der Waals surface area contributed by atoms with Gasteiger partial charge in [0, 0.05) is 20.3 Å². The van der Waals surface area contributed by atoms with Crippen LogP contribution in [0.5, 0.6) is 0 Å². The number of aromatic nitrogens is 5. The summed E-state index contributed by atoms with van der Waals surface area (Å²) in [6.07, 6.45) is 3.21. The second-order valence-electron chi connectivity index (χ2n) is 5.58. The maximum absolute atomic E-state index is 12.6. The van der Waals surface area contributed by atoms with Crippen molar-refractivity contribution in [2.45, 2.75) is 13.5 Å². The molecule has 0 fully saturated rings. The van der Waals surface area contributed by atoms with Crippen molar-refractivity contribution < 1.29 is 0 Å². The molecule has 23 heavy (non-hydrogen) atoms. The van der Waals surface area contributed by atoms with E-state index in [2.05, 4.69) is 16.5 Å². The van der Waals surface area contributed by atoms with Crippen LogP contribution in [0.4, 0.5) is 0 Å². The Bertz CT molecular complexity index is 1020. The number of hydrogen-bond donors (Lipinski definition) is 0. The van der Waals surface area contributed by atoms with E-state index in [1.807, 2.05) is 13.0 Å². The highest BCUT2D eigenvalue weighted by Gasteiger charge is 2.15. The SMILES string of the molecule is C=C(C)c1ccc(Cn2c(=O)c3c(ncn3C)n(C)c2=O)nc1. The molecule has 0 aromatic carbocycles. The van der Waals surface area contributed by atoms with Gasteiger partial charge in [-0.05, 0) is 24.1 Å². The minimum Gasteiger partial charge on any atom is -0.328 e. The molecule has 118 valence electrons. The first-order chi connectivity index (χ1) is 10.9. The van der Waals surface area contributed by atoms with Crippen LogP contribution in [0.15, 0.2) is 40.8 Å². The molecular formula is C16H17N5O2. The lowest BCUT2D eigenvalue weighted by molar-refractivity contribution is 0.645. The zero-order chi connectivity index (χ0) is 16.7. The van der Waals surface area contributed by atoms with E-state index >= 15 is 0 Å². The lowest BCUT2D eigenvalue weighted by Crippen LogP contribution is -2.40. The topological polar surface area (TPSA) is 74.7 Å². The number of aryl methyl sites for hydroxylation is 2. The quantitative estimate of drug-likeness (QED) is 0.720. The summed E-state index contributed by atoms with van der Waals surface area (Å²) in [6.45, 7) is 5.87. The summed E-state index contributed by atoms with van der Waals surface area (Å²) >= 11 is 0. The summed E-state index contributed by atoms with van der Waals surface area (Å²) in [6, 6.07) is 3.67. The Morgan fingerprint density at radius 1 is 1.22 bits per heavy atom. The molecule has 0 aliphatic heterocycles. The summed E-state index contributed by atoms with van der Waals surface area (Å²) < 4.78 is 4.16. The molecule has 3 heterocycles. The van der Waals surface area contributed by atoms with Gasteiger partial charge in [0.05, 0.1) is 18.6 Å². The number of rotatable bonds is 3. The van der Waals surface area contributed by atoms with E-state index in [0.29, 0.717) is 16.9 Å². The van der Waals surface area contributed by atoms with E-state index in [-0.39, 0.29) is 12.1 Å². The molecule has 0 bridgehead atoms. The van der Waals surface area contributed by atoms with Gasteiger partial charge in [-0.1, -0.05) is 12.6 Å². The van der Waals surface area contributed by atoms with Gasteiger partial charge in [-0.3, -0.25) is 18.9 Å². The van der Waals surface area contributed by atoms with Crippen molar-refractivity contribution in [2.24, 2.45) is 14.1 Å². The summed E-state index contributed by atoms with van der Waals surface area (Å²) in [4.78, 5) is 33.4. The third kappa shape index (κ3) is 2.40. The number of hydrogen-bond acceptors (Lipinski definition) is 4. The summed E-state index contributed by atoms with van der Waals surface area (Å²) in [5.74, 6) is 0. The zero-order valence-corrected chi connectivity index (χ0v) is 13.3. The van der Waals surface area contributed by atoms with Crippen molar-refractivity contribution in [3.05, 3.63) is 63.3 Å². The smallest absolute Gasteiger partial charge is 0.328 e. The molecule has 0 radical (unpaired) electrons. The van der Waals surface area contributed by atoms with Crippen LogP contribution in [0.25, 0.3) is 16.7 Å². The van der Waals surface area contributed by atoms with Crippen LogP contribution in [0.3, 0.4) is 0 Å². The largest absolute Gasteiger partial charge is 0.332 e. The van der Waals surface area contributed by atoms with Crippen molar-refractivity contribution in [2.75, 3.05) is 0 Å². The van der Waals surface area contributed by atoms with E-state index in [1.54, 1.807) is 30.9 Å². The van der Waals surface area contributed by atoms with Crippen LogP contribution < -0.4 is 11.2 Å². The minimum atomic E-state index is -0.410. The molecule has 0 atom stereocenters. The fourth-order valence-corrected chi connectivity index (χ4v) is 2.47. The van der Waals surface area contributed by atoms with E-state index < -0.39 is 5.69 Å². The number of imidazole rings is 1. The Hall–Kier alpha value is -2.96. The highest BCUT2D eigenvalue weighted by atomic mass is 16.2. The maximum atomic E-state index is 12.6. The Balaban J connectivity index is 2.13. The monoisotopic (exact) mass is 311 g/mol. The average molecular weight is 311 g/mol. The zero-order valence-electron chi connectivity index (χ0n) is 13.3. The summed E-state index contributed by atoms with van der Waals surface area (Å²) in [5, 5.41) is 0. The van der Waals surface area contributed by atoms with Crippen molar-refractivity contribution in [3.63, 3.8) is 0 Å². The molecule has 7 nitrogen and oxygen atoms in total. The standard InChI is InChI=1S/C16H17N5O2/c1-10(2)11-5-6-12(17-7-11)8-21-15(22)13-14(18-9-19(13)3)20(4)16(21)23/h5-7,9H,1,8H2,2-4H3. The van der Waals surface area contributed by atoms with Gasteiger partial charge in [0.2, 0.25) is 0 Å². The first-order valence-corrected chi connectivity index (χ1v) is 7.12. The molecule has 3 aromatic rings. The highest BCUT2D eigenvalue weighted by Crippen LogP contribution is 2.10. The minimum absolute atomic E-state index is 0.114. The molecule has 0 aliphatic carbocycles. The Morgan fingerprint density at radius 2 is 1.96 bits per heavy atom. The van der Waals surface area contributed by atoms with Crippen LogP contribution in [0, 0.1) is 0 Å². The molecular weight excluding hydrogens is 294 g/mol. The van der Waals surface area contributed by atoms with Crippen LogP contribution in [-0.2, 0) is 20.6 Å². The summed E-state index contributed by atoms with van der Waals surface area (Å²) in [5.41, 5.74) is 2.47. The van der Waals surface area contributed by atoms with Crippen molar-refractivity contribution in [1.82, 2.24) is 23.7 Å². The van der Waals surface area contributed by atoms with Gasteiger partial charge in [0.1, 0.15) is 0 Å². The number of nitrogens with zero attached hydrogens (tertiary/aromatic N) is 5. The molecule has 3 rings (SSSR count). The molecule has 0 saturated heterocycles. The van der Waals surface area contributed by atoms with Gasteiger partial charge in [-0.25, -0.2) is 9.78 Å². The van der Waals surface area contributed by atoms with Gasteiger partial charge in [0.15, 0.2) is 11.2 Å². The summed E-state index contributed by atoms with van der Waals surface area (Å²) in [7, 11) is 3.33. The number of fused-ring (bicyclic) bond motifs is 1. The molecule has 0 amide bonds.